The Kier molecular flexibility index (Phi) is 8.80. The molecular weight excluding hydrogens is 548 g/mol. The fraction of sp³-hybridized carbons (Fsp3) is 0.242. The van der Waals surface area contributed by atoms with Crippen molar-refractivity contribution in [2.75, 3.05) is 0 Å². The van der Waals surface area contributed by atoms with Crippen LogP contribution in [0.25, 0.3) is 12.2 Å². The highest BCUT2D eigenvalue weighted by molar-refractivity contribution is 6.14. The molecule has 3 aliphatic heterocycles. The minimum absolute atomic E-state index is 0.102. The third kappa shape index (κ3) is 6.18. The van der Waals surface area contributed by atoms with Gasteiger partial charge in [-0.3, -0.25) is 19.2 Å². The Bertz CT molecular complexity index is 1720. The van der Waals surface area contributed by atoms with Crippen molar-refractivity contribution in [3.63, 3.8) is 0 Å². The standard InChI is InChI=1S/C33H34N4O6/c1-7-20-18(5)32(42)36-26(20)13-24-16(3)22(9-11-30(38)39)28(34-24)15-29-23(10-12-31(40)41)17(4)25(35-29)14-27-21(8-2)19(6)33(43)37-27/h7-8,13-15,34H,1-2,9-12H2,3-6H3,(H,36,42)(H,37,43)(H,38,39)(H,40,41)/b26-13-,27-14-,29-15?. The van der Waals surface area contributed by atoms with Gasteiger partial charge in [-0.1, -0.05) is 25.3 Å². The number of aromatic nitrogens is 1. The van der Waals surface area contributed by atoms with E-state index in [0.29, 0.717) is 56.5 Å². The van der Waals surface area contributed by atoms with Crippen molar-refractivity contribution in [3.8, 4) is 0 Å². The summed E-state index contributed by atoms with van der Waals surface area (Å²) in [6, 6.07) is 0. The van der Waals surface area contributed by atoms with Gasteiger partial charge in [0.05, 0.1) is 22.8 Å². The number of allylic oxidation sites excluding steroid dienone is 5. The molecule has 10 nitrogen and oxygen atoms in total. The Balaban J connectivity index is 1.85. The first-order chi connectivity index (χ1) is 20.4. The first-order valence-corrected chi connectivity index (χ1v) is 13.8. The Hall–Kier alpha value is -5.25. The molecular formula is C33H34N4O6. The molecule has 0 bridgehead atoms. The predicted molar refractivity (Wildman–Crippen MR) is 165 cm³/mol. The van der Waals surface area contributed by atoms with E-state index in [0.717, 1.165) is 22.3 Å². The lowest BCUT2D eigenvalue weighted by atomic mass is 9.98. The molecule has 0 atom stereocenters. The van der Waals surface area contributed by atoms with E-state index in [4.69, 9.17) is 4.99 Å². The van der Waals surface area contributed by atoms with Gasteiger partial charge >= 0.3 is 11.9 Å². The van der Waals surface area contributed by atoms with Gasteiger partial charge in [0, 0.05) is 46.5 Å². The SMILES string of the molecule is C=CC1=C(C)C(=O)N/C1=C\C1=NC(=Cc2[nH]c(/C=C3\NC(=O)C(C)=C3C=C)c(C)c2CCC(=O)O)C(CCC(=O)O)=C1C. The molecule has 2 amide bonds. The number of carboxylic acid groups (broad SMARTS) is 2. The number of amides is 2. The Morgan fingerprint density at radius 1 is 0.767 bits per heavy atom. The minimum Gasteiger partial charge on any atom is -0.481 e. The molecule has 0 aromatic carbocycles. The van der Waals surface area contributed by atoms with Crippen LogP contribution in [0.1, 0.15) is 62.5 Å². The van der Waals surface area contributed by atoms with Crippen LogP contribution >= 0.6 is 0 Å². The van der Waals surface area contributed by atoms with E-state index in [2.05, 4.69) is 28.8 Å². The highest BCUT2D eigenvalue weighted by Gasteiger charge is 2.27. The molecule has 3 aliphatic rings. The molecule has 0 saturated carbocycles. The van der Waals surface area contributed by atoms with Crippen molar-refractivity contribution in [2.24, 2.45) is 4.99 Å². The Morgan fingerprint density at radius 3 is 1.84 bits per heavy atom. The fourth-order valence-electron chi connectivity index (χ4n) is 5.32. The average Bonchev–Trinajstić information content (AvgIpc) is 3.59. The number of aromatic amines is 1. The molecule has 0 unspecified atom stereocenters. The molecule has 0 fully saturated rings. The van der Waals surface area contributed by atoms with Crippen LogP contribution < -0.4 is 10.6 Å². The number of rotatable bonds is 11. The summed E-state index contributed by atoms with van der Waals surface area (Å²) in [5.74, 6) is -2.33. The van der Waals surface area contributed by atoms with Gasteiger partial charge in [0.25, 0.3) is 11.8 Å². The second-order valence-electron chi connectivity index (χ2n) is 10.5. The maximum absolute atomic E-state index is 12.3. The van der Waals surface area contributed by atoms with Gasteiger partial charge in [-0.25, -0.2) is 4.99 Å². The molecule has 0 spiro atoms. The van der Waals surface area contributed by atoms with Gasteiger partial charge in [0.15, 0.2) is 0 Å². The van der Waals surface area contributed by atoms with E-state index < -0.39 is 11.9 Å². The van der Waals surface area contributed by atoms with Crippen LogP contribution in [0.3, 0.4) is 0 Å². The van der Waals surface area contributed by atoms with Crippen LogP contribution in [-0.2, 0) is 25.6 Å². The zero-order chi connectivity index (χ0) is 31.6. The number of aliphatic imine (C=N–C) groups is 1. The van der Waals surface area contributed by atoms with Crippen molar-refractivity contribution >= 4 is 41.6 Å². The fourth-order valence-corrected chi connectivity index (χ4v) is 5.32. The van der Waals surface area contributed by atoms with E-state index in [1.807, 2.05) is 13.8 Å². The molecule has 0 aliphatic carbocycles. The summed E-state index contributed by atoms with van der Waals surface area (Å²) in [7, 11) is 0. The summed E-state index contributed by atoms with van der Waals surface area (Å²) in [4.78, 5) is 55.7. The molecule has 1 aromatic rings. The lowest BCUT2D eigenvalue weighted by molar-refractivity contribution is -0.138. The van der Waals surface area contributed by atoms with Gasteiger partial charge in [0.2, 0.25) is 0 Å². The first-order valence-electron chi connectivity index (χ1n) is 13.8. The van der Waals surface area contributed by atoms with Crippen molar-refractivity contribution in [1.29, 1.82) is 0 Å². The number of nitrogens with one attached hydrogen (secondary N) is 3. The molecule has 0 radical (unpaired) electrons. The van der Waals surface area contributed by atoms with E-state index in [1.54, 1.807) is 44.2 Å². The summed E-state index contributed by atoms with van der Waals surface area (Å²) < 4.78 is 0. The number of aliphatic carboxylic acids is 2. The molecule has 1 aromatic heterocycles. The van der Waals surface area contributed by atoms with E-state index in [9.17, 15) is 29.4 Å². The Labute approximate surface area is 249 Å². The molecule has 222 valence electrons. The molecule has 5 N–H and O–H groups in total. The molecule has 43 heavy (non-hydrogen) atoms. The number of carbonyl (C=O) groups excluding carboxylic acids is 2. The van der Waals surface area contributed by atoms with E-state index >= 15 is 0 Å². The maximum atomic E-state index is 12.3. The number of carboxylic acids is 2. The van der Waals surface area contributed by atoms with Gasteiger partial charge < -0.3 is 25.8 Å². The summed E-state index contributed by atoms with van der Waals surface area (Å²) in [5.41, 5.74) is 9.05. The quantitative estimate of drug-likeness (QED) is 0.252. The zero-order valence-electron chi connectivity index (χ0n) is 24.6. The number of nitrogens with zero attached hydrogens (tertiary/aromatic N) is 1. The van der Waals surface area contributed by atoms with Gasteiger partial charge in [0.1, 0.15) is 0 Å². The summed E-state index contributed by atoms with van der Waals surface area (Å²) in [6.07, 6.45) is 8.79. The van der Waals surface area contributed by atoms with Crippen LogP contribution in [-0.4, -0.2) is 44.7 Å². The second-order valence-corrected chi connectivity index (χ2v) is 10.5. The summed E-state index contributed by atoms with van der Waals surface area (Å²) >= 11 is 0. The summed E-state index contributed by atoms with van der Waals surface area (Å²) in [5, 5.41) is 24.5. The number of hydrogen-bond acceptors (Lipinski definition) is 5. The predicted octanol–water partition coefficient (Wildman–Crippen LogP) is 4.81. The Morgan fingerprint density at radius 2 is 1.30 bits per heavy atom. The highest BCUT2D eigenvalue weighted by atomic mass is 16.4. The zero-order valence-corrected chi connectivity index (χ0v) is 24.6. The van der Waals surface area contributed by atoms with Crippen LogP contribution in [0.2, 0.25) is 0 Å². The monoisotopic (exact) mass is 582 g/mol. The average molecular weight is 583 g/mol. The highest BCUT2D eigenvalue weighted by Crippen LogP contribution is 2.35. The first kappa shape index (κ1) is 30.7. The second kappa shape index (κ2) is 12.3. The molecule has 4 heterocycles. The molecule has 0 saturated heterocycles. The smallest absolute Gasteiger partial charge is 0.303 e. The molecule has 4 rings (SSSR count). The van der Waals surface area contributed by atoms with Crippen molar-refractivity contribution in [2.45, 2.75) is 53.4 Å². The summed E-state index contributed by atoms with van der Waals surface area (Å²) in [6.45, 7) is 14.8. The molecule has 10 heteroatoms. The van der Waals surface area contributed by atoms with Crippen molar-refractivity contribution in [3.05, 3.63) is 104 Å². The topological polar surface area (TPSA) is 161 Å². The van der Waals surface area contributed by atoms with Crippen molar-refractivity contribution < 1.29 is 29.4 Å². The van der Waals surface area contributed by atoms with Crippen LogP contribution in [0.5, 0.6) is 0 Å². The largest absolute Gasteiger partial charge is 0.481 e. The normalized spacial score (nSPS) is 19.6. The third-order valence-electron chi connectivity index (χ3n) is 7.84. The minimum atomic E-state index is -0.950. The van der Waals surface area contributed by atoms with Crippen LogP contribution in [0.15, 0.2) is 86.9 Å². The van der Waals surface area contributed by atoms with Crippen LogP contribution in [0.4, 0.5) is 0 Å². The van der Waals surface area contributed by atoms with Gasteiger partial charge in [-0.05, 0) is 81.0 Å². The van der Waals surface area contributed by atoms with E-state index in [1.165, 1.54) is 0 Å². The van der Waals surface area contributed by atoms with Crippen LogP contribution in [0, 0.1) is 6.92 Å². The third-order valence-corrected chi connectivity index (χ3v) is 7.84. The maximum Gasteiger partial charge on any atom is 0.303 e. The lowest BCUT2D eigenvalue weighted by Crippen LogP contribution is -2.16. The number of carbonyl (C=O) groups is 4. The van der Waals surface area contributed by atoms with E-state index in [-0.39, 0.29) is 37.5 Å². The van der Waals surface area contributed by atoms with Crippen molar-refractivity contribution in [1.82, 2.24) is 15.6 Å². The lowest BCUT2D eigenvalue weighted by Gasteiger charge is -2.06. The number of H-pyrrole nitrogens is 1. The number of hydrogen-bond donors (Lipinski definition) is 5. The van der Waals surface area contributed by atoms with Gasteiger partial charge in [-0.2, -0.15) is 0 Å². The van der Waals surface area contributed by atoms with Gasteiger partial charge in [-0.15, -0.1) is 0 Å².